The number of aromatic nitrogens is 3. The Hall–Kier alpha value is -1.99. The van der Waals surface area contributed by atoms with Crippen LogP contribution in [0, 0.1) is 0 Å². The maximum atomic E-state index is 5.33. The summed E-state index contributed by atoms with van der Waals surface area (Å²) in [6.07, 6.45) is 7.68. The molecule has 0 N–H and O–H groups in total. The second kappa shape index (κ2) is 8.14. The van der Waals surface area contributed by atoms with E-state index in [1.54, 1.807) is 7.11 Å². The van der Waals surface area contributed by atoms with E-state index in [4.69, 9.17) is 9.26 Å². The van der Waals surface area contributed by atoms with Crippen LogP contribution in [-0.4, -0.2) is 66.0 Å². The number of ether oxygens (including phenoxy) is 1. The summed E-state index contributed by atoms with van der Waals surface area (Å²) in [5.74, 6) is 2.21. The molecule has 0 aliphatic carbocycles. The maximum absolute atomic E-state index is 5.33. The average molecular weight is 357 g/mol. The predicted molar refractivity (Wildman–Crippen MR) is 99.2 cm³/mol. The quantitative estimate of drug-likeness (QED) is 0.786. The Morgan fingerprint density at radius 1 is 1.15 bits per heavy atom. The van der Waals surface area contributed by atoms with Crippen molar-refractivity contribution in [1.29, 1.82) is 0 Å². The first-order chi connectivity index (χ1) is 12.8. The Labute approximate surface area is 154 Å². The lowest BCUT2D eigenvalue weighted by Crippen LogP contribution is -2.44. The normalized spacial score (nSPS) is 19.3. The largest absolute Gasteiger partial charge is 0.384 e. The highest BCUT2D eigenvalue weighted by Crippen LogP contribution is 2.25. The van der Waals surface area contributed by atoms with Crippen LogP contribution in [0.15, 0.2) is 22.9 Å². The molecule has 0 aromatic carbocycles. The smallest absolute Gasteiger partial charge is 0.259 e. The number of methoxy groups -OCH3 is 1. The minimum absolute atomic E-state index is 0.517. The third-order valence-electron chi connectivity index (χ3n) is 5.44. The molecule has 7 nitrogen and oxygen atoms in total. The molecule has 140 valence electrons. The van der Waals surface area contributed by atoms with Crippen molar-refractivity contribution in [2.45, 2.75) is 38.1 Å². The van der Waals surface area contributed by atoms with Crippen LogP contribution in [-0.2, 0) is 11.2 Å². The van der Waals surface area contributed by atoms with Crippen LogP contribution < -0.4 is 4.90 Å². The van der Waals surface area contributed by atoms with E-state index in [9.17, 15) is 0 Å². The molecule has 4 heterocycles. The van der Waals surface area contributed by atoms with Crippen LogP contribution in [0.5, 0.6) is 0 Å². The van der Waals surface area contributed by atoms with E-state index < -0.39 is 0 Å². The summed E-state index contributed by atoms with van der Waals surface area (Å²) in [4.78, 5) is 14.1. The predicted octanol–water partition coefficient (Wildman–Crippen LogP) is 2.39. The van der Waals surface area contributed by atoms with Crippen LogP contribution in [0.2, 0.25) is 0 Å². The zero-order valence-electron chi connectivity index (χ0n) is 15.4. The first kappa shape index (κ1) is 17.4. The van der Waals surface area contributed by atoms with Gasteiger partial charge in [0, 0.05) is 38.9 Å². The Bertz CT molecular complexity index is 688. The molecule has 2 aromatic heterocycles. The third kappa shape index (κ3) is 3.88. The van der Waals surface area contributed by atoms with E-state index in [-0.39, 0.29) is 0 Å². The van der Waals surface area contributed by atoms with Crippen molar-refractivity contribution >= 4 is 5.82 Å². The van der Waals surface area contributed by atoms with E-state index in [0.29, 0.717) is 24.7 Å². The van der Waals surface area contributed by atoms with Crippen molar-refractivity contribution in [2.24, 2.45) is 0 Å². The number of rotatable bonds is 6. The molecule has 0 amide bonds. The molecule has 26 heavy (non-hydrogen) atoms. The van der Waals surface area contributed by atoms with Crippen molar-refractivity contribution < 1.29 is 9.26 Å². The minimum Gasteiger partial charge on any atom is -0.384 e. The summed E-state index contributed by atoms with van der Waals surface area (Å²) in [6, 6.07) is 4.84. The SMILES string of the molecule is COCCc1noc(-c2ccc(N3CCC(N4CCCC4)CC3)nc2)n1. The lowest BCUT2D eigenvalue weighted by Gasteiger charge is -2.37. The molecule has 2 aliphatic heterocycles. The van der Waals surface area contributed by atoms with Gasteiger partial charge in [0.25, 0.3) is 5.89 Å². The van der Waals surface area contributed by atoms with Crippen molar-refractivity contribution in [3.8, 4) is 11.5 Å². The number of piperidine rings is 1. The Kier molecular flexibility index (Phi) is 5.45. The van der Waals surface area contributed by atoms with Crippen molar-refractivity contribution in [3.05, 3.63) is 24.2 Å². The Balaban J connectivity index is 1.35. The molecule has 7 heteroatoms. The summed E-state index contributed by atoms with van der Waals surface area (Å²) in [6.45, 7) is 5.32. The van der Waals surface area contributed by atoms with Crippen LogP contribution in [0.4, 0.5) is 5.82 Å². The molecule has 2 fully saturated rings. The lowest BCUT2D eigenvalue weighted by atomic mass is 10.0. The molecule has 2 saturated heterocycles. The van der Waals surface area contributed by atoms with Gasteiger partial charge in [0.05, 0.1) is 12.2 Å². The second-order valence-corrected chi connectivity index (χ2v) is 7.12. The van der Waals surface area contributed by atoms with Crippen molar-refractivity contribution in [1.82, 2.24) is 20.0 Å². The van der Waals surface area contributed by atoms with Gasteiger partial charge >= 0.3 is 0 Å². The summed E-state index contributed by atoms with van der Waals surface area (Å²) in [5.41, 5.74) is 0.858. The molecular formula is C19H27N5O2. The van der Waals surface area contributed by atoms with Gasteiger partial charge in [0.1, 0.15) is 5.82 Å². The summed E-state index contributed by atoms with van der Waals surface area (Å²) < 4.78 is 10.4. The van der Waals surface area contributed by atoms with Gasteiger partial charge in [-0.2, -0.15) is 4.98 Å². The molecule has 0 spiro atoms. The van der Waals surface area contributed by atoms with Crippen LogP contribution in [0.25, 0.3) is 11.5 Å². The van der Waals surface area contributed by atoms with E-state index >= 15 is 0 Å². The van der Waals surface area contributed by atoms with Gasteiger partial charge in [-0.3, -0.25) is 0 Å². The fourth-order valence-corrected chi connectivity index (χ4v) is 3.93. The molecule has 0 bridgehead atoms. The molecule has 4 rings (SSSR count). The van der Waals surface area contributed by atoms with Crippen LogP contribution in [0.1, 0.15) is 31.5 Å². The van der Waals surface area contributed by atoms with Gasteiger partial charge in [-0.1, -0.05) is 5.16 Å². The van der Waals surface area contributed by atoms with Gasteiger partial charge in [-0.05, 0) is 50.9 Å². The Morgan fingerprint density at radius 3 is 2.65 bits per heavy atom. The fourth-order valence-electron chi connectivity index (χ4n) is 3.93. The number of hydrogen-bond donors (Lipinski definition) is 0. The summed E-state index contributed by atoms with van der Waals surface area (Å²) in [5, 5.41) is 3.98. The molecular weight excluding hydrogens is 330 g/mol. The molecule has 0 saturated carbocycles. The Morgan fingerprint density at radius 2 is 1.96 bits per heavy atom. The number of anilines is 1. The maximum Gasteiger partial charge on any atom is 0.259 e. The number of likely N-dealkylation sites (tertiary alicyclic amines) is 1. The van der Waals surface area contributed by atoms with Gasteiger partial charge < -0.3 is 19.1 Å². The number of nitrogens with zero attached hydrogens (tertiary/aromatic N) is 5. The fraction of sp³-hybridized carbons (Fsp3) is 0.632. The topological polar surface area (TPSA) is 67.5 Å². The van der Waals surface area contributed by atoms with Gasteiger partial charge in [0.15, 0.2) is 5.82 Å². The lowest BCUT2D eigenvalue weighted by molar-refractivity contribution is 0.199. The van der Waals surface area contributed by atoms with E-state index in [1.807, 2.05) is 12.3 Å². The van der Waals surface area contributed by atoms with Gasteiger partial charge in [-0.15, -0.1) is 0 Å². The first-order valence-electron chi connectivity index (χ1n) is 9.60. The number of hydrogen-bond acceptors (Lipinski definition) is 7. The molecule has 0 unspecified atom stereocenters. The van der Waals surface area contributed by atoms with Crippen LogP contribution >= 0.6 is 0 Å². The highest BCUT2D eigenvalue weighted by Gasteiger charge is 2.26. The van der Waals surface area contributed by atoms with E-state index in [1.165, 1.54) is 38.8 Å². The highest BCUT2D eigenvalue weighted by molar-refractivity contribution is 5.54. The molecule has 2 aromatic rings. The first-order valence-corrected chi connectivity index (χ1v) is 9.60. The molecule has 0 atom stereocenters. The standard InChI is InChI=1S/C19H27N5O2/c1-25-13-8-17-21-19(26-22-17)15-4-5-18(20-14-15)24-11-6-16(7-12-24)23-9-2-3-10-23/h4-5,14,16H,2-3,6-13H2,1H3. The second-order valence-electron chi connectivity index (χ2n) is 7.12. The monoisotopic (exact) mass is 357 g/mol. The van der Waals surface area contributed by atoms with Gasteiger partial charge in [0.2, 0.25) is 0 Å². The molecule has 2 aliphatic rings. The highest BCUT2D eigenvalue weighted by atomic mass is 16.5. The van der Waals surface area contributed by atoms with Crippen molar-refractivity contribution in [2.75, 3.05) is 44.8 Å². The van der Waals surface area contributed by atoms with Crippen molar-refractivity contribution in [3.63, 3.8) is 0 Å². The minimum atomic E-state index is 0.517. The molecule has 0 radical (unpaired) electrons. The zero-order valence-corrected chi connectivity index (χ0v) is 15.4. The third-order valence-corrected chi connectivity index (χ3v) is 5.44. The van der Waals surface area contributed by atoms with E-state index in [0.717, 1.165) is 30.5 Å². The number of pyridine rings is 1. The average Bonchev–Trinajstić information content (AvgIpc) is 3.39. The zero-order chi connectivity index (χ0) is 17.8. The van der Waals surface area contributed by atoms with Gasteiger partial charge in [-0.25, -0.2) is 4.98 Å². The summed E-state index contributed by atoms with van der Waals surface area (Å²) >= 11 is 0. The van der Waals surface area contributed by atoms with E-state index in [2.05, 4.69) is 31.0 Å². The summed E-state index contributed by atoms with van der Waals surface area (Å²) in [7, 11) is 1.66. The van der Waals surface area contributed by atoms with Crippen LogP contribution in [0.3, 0.4) is 0 Å².